The Kier molecular flexibility index (Phi) is 7.79. The minimum Gasteiger partial charge on any atom is -0.328 e. The van der Waals surface area contributed by atoms with Crippen LogP contribution in [0.3, 0.4) is 0 Å². The van der Waals surface area contributed by atoms with Crippen LogP contribution in [-0.2, 0) is 10.1 Å². The minimum atomic E-state index is -4.02. The molecule has 0 atom stereocenters. The Labute approximate surface area is 134 Å². The van der Waals surface area contributed by atoms with Crippen LogP contribution in [0.4, 0.5) is 0 Å². The molecular formula is C17H27NO3S. The van der Waals surface area contributed by atoms with E-state index in [1.54, 1.807) is 12.1 Å². The van der Waals surface area contributed by atoms with Gasteiger partial charge in [-0.1, -0.05) is 36.8 Å². The number of allylic oxidation sites excluding steroid dienone is 2. The minimum absolute atomic E-state index is 0.0666. The van der Waals surface area contributed by atoms with Crippen molar-refractivity contribution in [1.29, 1.82) is 0 Å². The number of benzene rings is 1. The molecule has 3 N–H and O–H groups in total. The van der Waals surface area contributed by atoms with Crippen LogP contribution < -0.4 is 5.73 Å². The van der Waals surface area contributed by atoms with Gasteiger partial charge in [-0.25, -0.2) is 0 Å². The number of rotatable bonds is 3. The monoisotopic (exact) mass is 325 g/mol. The molecule has 0 radical (unpaired) electrons. The van der Waals surface area contributed by atoms with E-state index in [0.29, 0.717) is 6.04 Å². The summed E-state index contributed by atoms with van der Waals surface area (Å²) < 4.78 is 29.6. The van der Waals surface area contributed by atoms with Crippen LogP contribution in [0.5, 0.6) is 0 Å². The molecule has 2 rings (SSSR count). The highest BCUT2D eigenvalue weighted by molar-refractivity contribution is 7.85. The van der Waals surface area contributed by atoms with Gasteiger partial charge in [-0.3, -0.25) is 4.55 Å². The smallest absolute Gasteiger partial charge is 0.294 e. The van der Waals surface area contributed by atoms with Crippen molar-refractivity contribution in [3.8, 4) is 0 Å². The van der Waals surface area contributed by atoms with E-state index in [1.165, 1.54) is 44.2 Å². The number of nitrogens with two attached hydrogens (primary N) is 1. The Balaban J connectivity index is 0.000000220. The molecule has 0 aliphatic heterocycles. The molecule has 0 heterocycles. The lowest BCUT2D eigenvalue weighted by molar-refractivity contribution is 0.375. The van der Waals surface area contributed by atoms with E-state index in [1.807, 2.05) is 6.92 Å². The number of hydrogen-bond acceptors (Lipinski definition) is 3. The molecule has 1 fully saturated rings. The van der Waals surface area contributed by atoms with Gasteiger partial charge in [0.25, 0.3) is 10.1 Å². The topological polar surface area (TPSA) is 80.4 Å². The predicted octanol–water partition coefficient (Wildman–Crippen LogP) is 3.71. The zero-order chi connectivity index (χ0) is 16.6. The van der Waals surface area contributed by atoms with Gasteiger partial charge >= 0.3 is 0 Å². The van der Waals surface area contributed by atoms with Gasteiger partial charge in [-0.2, -0.15) is 8.42 Å². The molecule has 1 aliphatic rings. The van der Waals surface area contributed by atoms with E-state index >= 15 is 0 Å². The van der Waals surface area contributed by atoms with E-state index < -0.39 is 10.1 Å². The fourth-order valence-corrected chi connectivity index (χ4v) is 2.86. The lowest BCUT2D eigenvalue weighted by atomic mass is 9.86. The van der Waals surface area contributed by atoms with Crippen LogP contribution in [-0.4, -0.2) is 19.0 Å². The van der Waals surface area contributed by atoms with Crippen molar-refractivity contribution in [1.82, 2.24) is 0 Å². The molecule has 1 saturated carbocycles. The molecule has 0 amide bonds. The third-order valence-corrected chi connectivity index (χ3v) is 4.65. The fraction of sp³-hybridized carbons (Fsp3) is 0.529. The van der Waals surface area contributed by atoms with Crippen LogP contribution in [0.2, 0.25) is 0 Å². The second kappa shape index (κ2) is 9.08. The molecule has 5 heteroatoms. The van der Waals surface area contributed by atoms with Crippen molar-refractivity contribution in [2.24, 2.45) is 11.7 Å². The van der Waals surface area contributed by atoms with Gasteiger partial charge in [0.05, 0.1) is 4.90 Å². The molecule has 22 heavy (non-hydrogen) atoms. The van der Waals surface area contributed by atoms with Gasteiger partial charge < -0.3 is 5.73 Å². The Bertz CT molecular complexity index is 556. The first kappa shape index (κ1) is 18.9. The van der Waals surface area contributed by atoms with Gasteiger partial charge in [0.2, 0.25) is 0 Å². The largest absolute Gasteiger partial charge is 0.328 e. The molecule has 1 aromatic rings. The average molecular weight is 325 g/mol. The van der Waals surface area contributed by atoms with Crippen molar-refractivity contribution < 1.29 is 13.0 Å². The van der Waals surface area contributed by atoms with E-state index in [-0.39, 0.29) is 4.90 Å². The second-order valence-corrected chi connectivity index (χ2v) is 7.22. The standard InChI is InChI=1S/C10H19N.C7H8O3S/c1-2-3-4-9-5-7-10(11)8-6-9;1-6-2-4-7(5-3-6)11(8,9)10/h3-4,9-10H,2,5-8,11H2,1H3;2-5H,1H3,(H,8,9,10)/b4-3-;/t9-,10+;. The van der Waals surface area contributed by atoms with Crippen molar-refractivity contribution in [2.75, 3.05) is 0 Å². The summed E-state index contributed by atoms with van der Waals surface area (Å²) in [7, 11) is -4.02. The molecule has 124 valence electrons. The predicted molar refractivity (Wildman–Crippen MR) is 90.4 cm³/mol. The summed E-state index contributed by atoms with van der Waals surface area (Å²) in [6.07, 6.45) is 10.9. The third kappa shape index (κ3) is 7.20. The van der Waals surface area contributed by atoms with E-state index in [2.05, 4.69) is 19.1 Å². The van der Waals surface area contributed by atoms with Gasteiger partial charge in [0.1, 0.15) is 0 Å². The Hall–Kier alpha value is -1.17. The van der Waals surface area contributed by atoms with Crippen LogP contribution in [0, 0.1) is 12.8 Å². The summed E-state index contributed by atoms with van der Waals surface area (Å²) >= 11 is 0. The van der Waals surface area contributed by atoms with Gasteiger partial charge in [0.15, 0.2) is 0 Å². The molecular weight excluding hydrogens is 298 g/mol. The first-order chi connectivity index (χ1) is 10.3. The highest BCUT2D eigenvalue weighted by atomic mass is 32.2. The lowest BCUT2D eigenvalue weighted by Crippen LogP contribution is -2.25. The lowest BCUT2D eigenvalue weighted by Gasteiger charge is -2.23. The Morgan fingerprint density at radius 1 is 1.18 bits per heavy atom. The molecule has 0 unspecified atom stereocenters. The van der Waals surface area contributed by atoms with Crippen molar-refractivity contribution >= 4 is 10.1 Å². The summed E-state index contributed by atoms with van der Waals surface area (Å²) in [6.45, 7) is 4.03. The van der Waals surface area contributed by atoms with Crippen LogP contribution >= 0.6 is 0 Å². The Morgan fingerprint density at radius 2 is 1.73 bits per heavy atom. The SMILES string of the molecule is CC/C=C\[C@H]1CC[C@@H](N)CC1.Cc1ccc(S(=O)(=O)O)cc1. The summed E-state index contributed by atoms with van der Waals surface area (Å²) in [5, 5.41) is 0. The van der Waals surface area contributed by atoms with E-state index in [0.717, 1.165) is 11.5 Å². The highest BCUT2D eigenvalue weighted by Crippen LogP contribution is 2.24. The van der Waals surface area contributed by atoms with Crippen molar-refractivity contribution in [3.63, 3.8) is 0 Å². The number of hydrogen-bond donors (Lipinski definition) is 2. The van der Waals surface area contributed by atoms with Gasteiger partial charge in [-0.05, 0) is 57.1 Å². The second-order valence-electron chi connectivity index (χ2n) is 5.80. The summed E-state index contributed by atoms with van der Waals surface area (Å²) in [4.78, 5) is -0.0666. The third-order valence-electron chi connectivity index (χ3n) is 3.78. The van der Waals surface area contributed by atoms with Gasteiger partial charge in [-0.15, -0.1) is 0 Å². The summed E-state index contributed by atoms with van der Waals surface area (Å²) in [5.41, 5.74) is 6.76. The molecule has 0 saturated heterocycles. The zero-order valence-electron chi connectivity index (χ0n) is 13.4. The first-order valence-electron chi connectivity index (χ1n) is 7.79. The van der Waals surface area contributed by atoms with E-state index in [4.69, 9.17) is 10.3 Å². The normalized spacial score (nSPS) is 22.2. The first-order valence-corrected chi connectivity index (χ1v) is 9.23. The molecule has 0 bridgehead atoms. The fourth-order valence-electron chi connectivity index (χ4n) is 2.38. The molecule has 0 spiro atoms. The maximum atomic E-state index is 10.5. The quantitative estimate of drug-likeness (QED) is 0.656. The summed E-state index contributed by atoms with van der Waals surface area (Å²) in [5.74, 6) is 0.828. The molecule has 0 aromatic heterocycles. The Morgan fingerprint density at radius 3 is 2.18 bits per heavy atom. The number of aryl methyl sites for hydroxylation is 1. The maximum absolute atomic E-state index is 10.5. The summed E-state index contributed by atoms with van der Waals surface area (Å²) in [6, 6.07) is 6.47. The van der Waals surface area contributed by atoms with Crippen LogP contribution in [0.25, 0.3) is 0 Å². The molecule has 1 aliphatic carbocycles. The van der Waals surface area contributed by atoms with Gasteiger partial charge in [0, 0.05) is 6.04 Å². The van der Waals surface area contributed by atoms with Crippen LogP contribution in [0.15, 0.2) is 41.3 Å². The van der Waals surface area contributed by atoms with Crippen molar-refractivity contribution in [2.45, 2.75) is 56.9 Å². The average Bonchev–Trinajstić information content (AvgIpc) is 2.47. The maximum Gasteiger partial charge on any atom is 0.294 e. The van der Waals surface area contributed by atoms with E-state index in [9.17, 15) is 8.42 Å². The molecule has 1 aromatic carbocycles. The van der Waals surface area contributed by atoms with Crippen molar-refractivity contribution in [3.05, 3.63) is 42.0 Å². The van der Waals surface area contributed by atoms with Crippen LogP contribution in [0.1, 0.15) is 44.6 Å². The molecule has 4 nitrogen and oxygen atoms in total. The zero-order valence-corrected chi connectivity index (χ0v) is 14.2. The highest BCUT2D eigenvalue weighted by Gasteiger charge is 2.15.